The van der Waals surface area contributed by atoms with Gasteiger partial charge in [-0.25, -0.2) is 4.98 Å². The van der Waals surface area contributed by atoms with E-state index in [1.54, 1.807) is 12.4 Å². The third kappa shape index (κ3) is 2.99. The monoisotopic (exact) mass is 181 g/mol. The van der Waals surface area contributed by atoms with Gasteiger partial charge in [-0.3, -0.25) is 4.98 Å². The summed E-state index contributed by atoms with van der Waals surface area (Å²) in [4.78, 5) is 8.18. The Balaban J connectivity index is 2.50. The summed E-state index contributed by atoms with van der Waals surface area (Å²) in [5.41, 5.74) is 0.853. The minimum Gasteiger partial charge on any atom is -0.391 e. The fraction of sp³-hybridized carbons (Fsp3) is 0.556. The summed E-state index contributed by atoms with van der Waals surface area (Å²) >= 11 is 0. The second-order valence-corrected chi connectivity index (χ2v) is 2.93. The van der Waals surface area contributed by atoms with Gasteiger partial charge in [0.05, 0.1) is 11.8 Å². The Morgan fingerprint density at radius 2 is 2.15 bits per heavy atom. The second kappa shape index (κ2) is 4.77. The highest BCUT2D eigenvalue weighted by molar-refractivity contribution is 5.38. The highest BCUT2D eigenvalue weighted by atomic mass is 16.3. The van der Waals surface area contributed by atoms with E-state index in [1.165, 1.54) is 0 Å². The van der Waals surface area contributed by atoms with Gasteiger partial charge in [0.15, 0.2) is 0 Å². The van der Waals surface area contributed by atoms with E-state index in [9.17, 15) is 5.11 Å². The number of nitrogens with zero attached hydrogens (tertiary/aromatic N) is 2. The van der Waals surface area contributed by atoms with Crippen LogP contribution in [0.1, 0.15) is 19.0 Å². The largest absolute Gasteiger partial charge is 0.391 e. The van der Waals surface area contributed by atoms with Crippen molar-refractivity contribution in [2.75, 3.05) is 11.9 Å². The number of aliphatic hydroxyl groups excluding tert-OH is 1. The van der Waals surface area contributed by atoms with Crippen LogP contribution >= 0.6 is 0 Å². The molecule has 0 amide bonds. The lowest BCUT2D eigenvalue weighted by Crippen LogP contribution is -2.19. The molecule has 0 spiro atoms. The molecular formula is C9H15N3O. The first-order valence-electron chi connectivity index (χ1n) is 4.43. The molecule has 1 atom stereocenters. The number of aromatic nitrogens is 2. The molecule has 0 saturated carbocycles. The normalized spacial score (nSPS) is 12.5. The van der Waals surface area contributed by atoms with Crippen LogP contribution < -0.4 is 5.32 Å². The van der Waals surface area contributed by atoms with Gasteiger partial charge in [-0.15, -0.1) is 0 Å². The van der Waals surface area contributed by atoms with Gasteiger partial charge in [-0.1, -0.05) is 6.92 Å². The molecule has 1 heterocycles. The molecule has 13 heavy (non-hydrogen) atoms. The molecule has 0 saturated heterocycles. The maximum atomic E-state index is 9.30. The predicted molar refractivity (Wildman–Crippen MR) is 51.6 cm³/mol. The van der Waals surface area contributed by atoms with Crippen molar-refractivity contribution in [3.05, 3.63) is 18.1 Å². The summed E-state index contributed by atoms with van der Waals surface area (Å²) in [7, 11) is 0. The number of aryl methyl sites for hydroxylation is 1. The van der Waals surface area contributed by atoms with Crippen molar-refractivity contribution >= 4 is 5.82 Å². The molecule has 0 fully saturated rings. The number of aliphatic hydroxyl groups is 1. The number of hydrogen-bond acceptors (Lipinski definition) is 4. The van der Waals surface area contributed by atoms with E-state index in [0.29, 0.717) is 6.54 Å². The Hall–Kier alpha value is -1.16. The van der Waals surface area contributed by atoms with E-state index in [1.807, 2.05) is 13.8 Å². The fourth-order valence-corrected chi connectivity index (χ4v) is 0.940. The van der Waals surface area contributed by atoms with Crippen molar-refractivity contribution in [2.24, 2.45) is 0 Å². The van der Waals surface area contributed by atoms with E-state index in [-0.39, 0.29) is 6.10 Å². The van der Waals surface area contributed by atoms with Gasteiger partial charge >= 0.3 is 0 Å². The topological polar surface area (TPSA) is 58.0 Å². The standard InChI is InChI=1S/C9H15N3O/c1-3-8(13)6-12-9-7(2)10-4-5-11-9/h4-5,8,13H,3,6H2,1-2H3,(H,11,12). The highest BCUT2D eigenvalue weighted by Crippen LogP contribution is 2.05. The number of nitrogens with one attached hydrogen (secondary N) is 1. The highest BCUT2D eigenvalue weighted by Gasteiger charge is 2.02. The van der Waals surface area contributed by atoms with Crippen molar-refractivity contribution in [1.82, 2.24) is 9.97 Å². The first-order chi connectivity index (χ1) is 6.24. The van der Waals surface area contributed by atoms with Crippen LogP contribution in [0.25, 0.3) is 0 Å². The van der Waals surface area contributed by atoms with Gasteiger partial charge in [0.25, 0.3) is 0 Å². The van der Waals surface area contributed by atoms with Crippen LogP contribution in [0.3, 0.4) is 0 Å². The summed E-state index contributed by atoms with van der Waals surface area (Å²) in [6.07, 6.45) is 3.71. The molecule has 1 rings (SSSR count). The smallest absolute Gasteiger partial charge is 0.147 e. The quantitative estimate of drug-likeness (QED) is 0.726. The van der Waals surface area contributed by atoms with Crippen LogP contribution in [-0.4, -0.2) is 27.7 Å². The van der Waals surface area contributed by atoms with E-state index < -0.39 is 0 Å². The molecule has 0 aliphatic rings. The maximum Gasteiger partial charge on any atom is 0.147 e. The van der Waals surface area contributed by atoms with Crippen LogP contribution in [0.2, 0.25) is 0 Å². The van der Waals surface area contributed by atoms with Crippen LogP contribution in [-0.2, 0) is 0 Å². The Bertz CT molecular complexity index is 265. The molecule has 1 aromatic heterocycles. The predicted octanol–water partition coefficient (Wildman–Crippen LogP) is 0.968. The minimum absolute atomic E-state index is 0.318. The summed E-state index contributed by atoms with van der Waals surface area (Å²) in [5, 5.41) is 12.3. The van der Waals surface area contributed by atoms with Crippen molar-refractivity contribution in [1.29, 1.82) is 0 Å². The number of anilines is 1. The van der Waals surface area contributed by atoms with Crippen LogP contribution in [0.4, 0.5) is 5.82 Å². The Morgan fingerprint density at radius 3 is 2.77 bits per heavy atom. The summed E-state index contributed by atoms with van der Waals surface area (Å²) in [6, 6.07) is 0. The van der Waals surface area contributed by atoms with Gasteiger partial charge < -0.3 is 10.4 Å². The summed E-state index contributed by atoms with van der Waals surface area (Å²) < 4.78 is 0. The lowest BCUT2D eigenvalue weighted by atomic mass is 10.3. The van der Waals surface area contributed by atoms with Gasteiger partial charge in [0, 0.05) is 18.9 Å². The molecular weight excluding hydrogens is 166 g/mol. The van der Waals surface area contributed by atoms with Crippen LogP contribution in [0.5, 0.6) is 0 Å². The minimum atomic E-state index is -0.318. The van der Waals surface area contributed by atoms with Crippen molar-refractivity contribution in [2.45, 2.75) is 26.4 Å². The van der Waals surface area contributed by atoms with Crippen molar-refractivity contribution < 1.29 is 5.11 Å². The third-order valence-corrected chi connectivity index (χ3v) is 1.86. The molecule has 0 radical (unpaired) electrons. The Kier molecular flexibility index (Phi) is 3.64. The Morgan fingerprint density at radius 1 is 1.46 bits per heavy atom. The first kappa shape index (κ1) is 9.92. The van der Waals surface area contributed by atoms with E-state index in [0.717, 1.165) is 17.9 Å². The molecule has 0 aliphatic carbocycles. The molecule has 4 heteroatoms. The van der Waals surface area contributed by atoms with Crippen LogP contribution in [0, 0.1) is 6.92 Å². The van der Waals surface area contributed by atoms with Crippen molar-refractivity contribution in [3.8, 4) is 0 Å². The average molecular weight is 181 g/mol. The lowest BCUT2D eigenvalue weighted by molar-refractivity contribution is 0.183. The third-order valence-electron chi connectivity index (χ3n) is 1.86. The van der Waals surface area contributed by atoms with Gasteiger partial charge in [0.2, 0.25) is 0 Å². The molecule has 1 aromatic rings. The van der Waals surface area contributed by atoms with Gasteiger partial charge in [-0.05, 0) is 13.3 Å². The number of hydrogen-bond donors (Lipinski definition) is 2. The molecule has 0 aliphatic heterocycles. The molecule has 0 aromatic carbocycles. The van der Waals surface area contributed by atoms with Gasteiger partial charge in [0.1, 0.15) is 5.82 Å². The Labute approximate surface area is 78.0 Å². The second-order valence-electron chi connectivity index (χ2n) is 2.93. The van der Waals surface area contributed by atoms with Crippen molar-refractivity contribution in [3.63, 3.8) is 0 Å². The molecule has 2 N–H and O–H groups in total. The fourth-order valence-electron chi connectivity index (χ4n) is 0.940. The molecule has 72 valence electrons. The zero-order chi connectivity index (χ0) is 9.68. The zero-order valence-electron chi connectivity index (χ0n) is 7.99. The van der Waals surface area contributed by atoms with E-state index in [2.05, 4.69) is 15.3 Å². The lowest BCUT2D eigenvalue weighted by Gasteiger charge is -2.10. The molecule has 1 unspecified atom stereocenters. The van der Waals surface area contributed by atoms with Crippen LogP contribution in [0.15, 0.2) is 12.4 Å². The summed E-state index contributed by atoms with van der Waals surface area (Å²) in [5.74, 6) is 0.745. The number of rotatable bonds is 4. The van der Waals surface area contributed by atoms with E-state index in [4.69, 9.17) is 0 Å². The van der Waals surface area contributed by atoms with E-state index >= 15 is 0 Å². The molecule has 4 nitrogen and oxygen atoms in total. The first-order valence-corrected chi connectivity index (χ1v) is 4.43. The molecule has 0 bridgehead atoms. The summed E-state index contributed by atoms with van der Waals surface area (Å²) in [6.45, 7) is 4.35. The SMILES string of the molecule is CCC(O)CNc1nccnc1C. The average Bonchev–Trinajstić information content (AvgIpc) is 2.16. The maximum absolute atomic E-state index is 9.30. The van der Waals surface area contributed by atoms with Gasteiger partial charge in [-0.2, -0.15) is 0 Å². The zero-order valence-corrected chi connectivity index (χ0v) is 7.99.